The van der Waals surface area contributed by atoms with Gasteiger partial charge in [0.1, 0.15) is 0 Å². The van der Waals surface area contributed by atoms with Crippen LogP contribution >= 0.6 is 0 Å². The van der Waals surface area contributed by atoms with Crippen LogP contribution in [0.15, 0.2) is 60.2 Å². The highest BCUT2D eigenvalue weighted by Crippen LogP contribution is 2.32. The Bertz CT molecular complexity index is 629. The first-order valence-electron chi connectivity index (χ1n) is 7.39. The summed E-state index contributed by atoms with van der Waals surface area (Å²) < 4.78 is 10.7. The third-order valence-corrected chi connectivity index (χ3v) is 3.77. The summed E-state index contributed by atoms with van der Waals surface area (Å²) in [5.74, 6) is 1.73. The van der Waals surface area contributed by atoms with Crippen molar-refractivity contribution >= 4 is 0 Å². The summed E-state index contributed by atoms with van der Waals surface area (Å²) in [7, 11) is 0. The fourth-order valence-corrected chi connectivity index (χ4v) is 2.45. The molecule has 2 heteroatoms. The van der Waals surface area contributed by atoms with E-state index in [1.807, 2.05) is 6.07 Å². The van der Waals surface area contributed by atoms with E-state index in [2.05, 4.69) is 55.5 Å². The van der Waals surface area contributed by atoms with Crippen LogP contribution < -0.4 is 9.47 Å². The Kier molecular flexibility index (Phi) is 4.25. The van der Waals surface area contributed by atoms with Gasteiger partial charge in [-0.3, -0.25) is 0 Å². The van der Waals surface area contributed by atoms with Crippen molar-refractivity contribution in [3.63, 3.8) is 0 Å². The quantitative estimate of drug-likeness (QED) is 0.749. The van der Waals surface area contributed by atoms with E-state index in [4.69, 9.17) is 9.47 Å². The van der Waals surface area contributed by atoms with E-state index < -0.39 is 0 Å². The van der Waals surface area contributed by atoms with E-state index in [1.165, 1.54) is 16.7 Å². The maximum absolute atomic E-state index is 5.41. The maximum Gasteiger partial charge on any atom is 0.231 e. The third-order valence-electron chi connectivity index (χ3n) is 3.77. The third kappa shape index (κ3) is 3.66. The van der Waals surface area contributed by atoms with Gasteiger partial charge in [0.05, 0.1) is 0 Å². The molecule has 3 rings (SSSR count). The lowest BCUT2D eigenvalue weighted by molar-refractivity contribution is 0.174. The minimum Gasteiger partial charge on any atom is -0.454 e. The highest BCUT2D eigenvalue weighted by molar-refractivity contribution is 5.44. The van der Waals surface area contributed by atoms with E-state index in [0.717, 1.165) is 30.8 Å². The SMILES string of the molecule is C/C(=C\Cc1ccccc1)CCc1ccc2c(c1)OCO2. The van der Waals surface area contributed by atoms with Gasteiger partial charge in [-0.1, -0.05) is 48.0 Å². The minimum absolute atomic E-state index is 0.342. The molecule has 108 valence electrons. The molecule has 1 aliphatic rings. The van der Waals surface area contributed by atoms with Crippen LogP contribution in [-0.4, -0.2) is 6.79 Å². The fourth-order valence-electron chi connectivity index (χ4n) is 2.45. The van der Waals surface area contributed by atoms with Gasteiger partial charge in [0.15, 0.2) is 11.5 Å². The van der Waals surface area contributed by atoms with Crippen molar-refractivity contribution in [2.75, 3.05) is 6.79 Å². The van der Waals surface area contributed by atoms with E-state index in [1.54, 1.807) is 0 Å². The molecule has 2 aromatic carbocycles. The monoisotopic (exact) mass is 280 g/mol. The first-order chi connectivity index (χ1) is 10.3. The Balaban J connectivity index is 1.54. The van der Waals surface area contributed by atoms with Gasteiger partial charge in [0.2, 0.25) is 6.79 Å². The van der Waals surface area contributed by atoms with Crippen molar-refractivity contribution in [2.45, 2.75) is 26.2 Å². The standard InChI is InChI=1S/C19H20O2/c1-15(7-9-16-5-3-2-4-6-16)8-10-17-11-12-18-19(13-17)21-14-20-18/h2-7,11-13H,8-10,14H2,1H3/b15-7+. The number of hydrogen-bond acceptors (Lipinski definition) is 2. The van der Waals surface area contributed by atoms with Crippen molar-refractivity contribution in [2.24, 2.45) is 0 Å². The molecule has 0 radical (unpaired) electrons. The Morgan fingerprint density at radius 2 is 1.81 bits per heavy atom. The normalized spacial score (nSPS) is 13.5. The maximum atomic E-state index is 5.41. The zero-order valence-electron chi connectivity index (χ0n) is 12.3. The highest BCUT2D eigenvalue weighted by atomic mass is 16.7. The topological polar surface area (TPSA) is 18.5 Å². The van der Waals surface area contributed by atoms with Crippen molar-refractivity contribution in [3.8, 4) is 11.5 Å². The summed E-state index contributed by atoms with van der Waals surface area (Å²) in [4.78, 5) is 0. The van der Waals surface area contributed by atoms with Gasteiger partial charge in [-0.05, 0) is 49.4 Å². The molecule has 0 N–H and O–H groups in total. The van der Waals surface area contributed by atoms with Crippen LogP contribution in [0.3, 0.4) is 0 Å². The summed E-state index contributed by atoms with van der Waals surface area (Å²) in [5.41, 5.74) is 4.09. The van der Waals surface area contributed by atoms with Gasteiger partial charge in [-0.2, -0.15) is 0 Å². The number of aryl methyl sites for hydroxylation is 1. The molecule has 2 nitrogen and oxygen atoms in total. The number of benzene rings is 2. The zero-order chi connectivity index (χ0) is 14.5. The molecule has 0 saturated carbocycles. The molecule has 0 bridgehead atoms. The summed E-state index contributed by atoms with van der Waals surface area (Å²) in [6, 6.07) is 16.8. The fraction of sp³-hybridized carbons (Fsp3) is 0.263. The summed E-state index contributed by atoms with van der Waals surface area (Å²) in [5, 5.41) is 0. The van der Waals surface area contributed by atoms with Crippen LogP contribution in [0.25, 0.3) is 0 Å². The number of fused-ring (bicyclic) bond motifs is 1. The van der Waals surface area contributed by atoms with Gasteiger partial charge in [-0.25, -0.2) is 0 Å². The van der Waals surface area contributed by atoms with Crippen LogP contribution in [-0.2, 0) is 12.8 Å². The van der Waals surface area contributed by atoms with Crippen LogP contribution in [0.4, 0.5) is 0 Å². The summed E-state index contributed by atoms with van der Waals surface area (Å²) >= 11 is 0. The van der Waals surface area contributed by atoms with Gasteiger partial charge < -0.3 is 9.47 Å². The average molecular weight is 280 g/mol. The molecule has 0 saturated heterocycles. The lowest BCUT2D eigenvalue weighted by Gasteiger charge is -2.04. The lowest BCUT2D eigenvalue weighted by atomic mass is 10.0. The van der Waals surface area contributed by atoms with Crippen LogP contribution in [0.5, 0.6) is 11.5 Å². The number of ether oxygens (including phenoxy) is 2. The second-order valence-corrected chi connectivity index (χ2v) is 5.43. The van der Waals surface area contributed by atoms with Crippen molar-refractivity contribution in [3.05, 3.63) is 71.3 Å². The highest BCUT2D eigenvalue weighted by Gasteiger charge is 2.12. The summed E-state index contributed by atoms with van der Waals surface area (Å²) in [6.45, 7) is 2.55. The zero-order valence-corrected chi connectivity index (χ0v) is 12.3. The molecular formula is C19H20O2. The number of allylic oxidation sites excluding steroid dienone is 2. The van der Waals surface area contributed by atoms with Gasteiger partial charge in [0, 0.05) is 0 Å². The van der Waals surface area contributed by atoms with Gasteiger partial charge in [0.25, 0.3) is 0 Å². The average Bonchev–Trinajstić information content (AvgIpc) is 2.99. The molecule has 21 heavy (non-hydrogen) atoms. The predicted octanol–water partition coefficient (Wildman–Crippen LogP) is 4.54. The molecule has 0 atom stereocenters. The number of hydrogen-bond donors (Lipinski definition) is 0. The smallest absolute Gasteiger partial charge is 0.231 e. The Hall–Kier alpha value is -2.22. The molecule has 1 heterocycles. The van der Waals surface area contributed by atoms with Crippen molar-refractivity contribution in [1.82, 2.24) is 0 Å². The van der Waals surface area contributed by atoms with E-state index in [-0.39, 0.29) is 0 Å². The number of rotatable bonds is 5. The lowest BCUT2D eigenvalue weighted by Crippen LogP contribution is -1.93. The van der Waals surface area contributed by atoms with Crippen LogP contribution in [0.2, 0.25) is 0 Å². The van der Waals surface area contributed by atoms with Crippen molar-refractivity contribution < 1.29 is 9.47 Å². The van der Waals surface area contributed by atoms with Crippen molar-refractivity contribution in [1.29, 1.82) is 0 Å². The molecule has 0 unspecified atom stereocenters. The molecule has 2 aromatic rings. The molecule has 0 aromatic heterocycles. The molecule has 0 amide bonds. The van der Waals surface area contributed by atoms with Gasteiger partial charge in [-0.15, -0.1) is 0 Å². The van der Waals surface area contributed by atoms with Crippen LogP contribution in [0, 0.1) is 0 Å². The molecule has 0 spiro atoms. The first-order valence-corrected chi connectivity index (χ1v) is 7.39. The second-order valence-electron chi connectivity index (χ2n) is 5.43. The van der Waals surface area contributed by atoms with Gasteiger partial charge >= 0.3 is 0 Å². The summed E-state index contributed by atoms with van der Waals surface area (Å²) in [6.07, 6.45) is 5.44. The molecule has 1 aliphatic heterocycles. The molecule has 0 aliphatic carbocycles. The Morgan fingerprint density at radius 3 is 2.67 bits per heavy atom. The second kappa shape index (κ2) is 6.49. The minimum atomic E-state index is 0.342. The Morgan fingerprint density at radius 1 is 1.00 bits per heavy atom. The predicted molar refractivity (Wildman–Crippen MR) is 84.8 cm³/mol. The van der Waals surface area contributed by atoms with Crippen LogP contribution in [0.1, 0.15) is 24.5 Å². The van der Waals surface area contributed by atoms with E-state index in [0.29, 0.717) is 6.79 Å². The molecular weight excluding hydrogens is 260 g/mol. The van der Waals surface area contributed by atoms with E-state index in [9.17, 15) is 0 Å². The molecule has 0 fully saturated rings. The largest absolute Gasteiger partial charge is 0.454 e. The Labute approximate surface area is 126 Å². The van der Waals surface area contributed by atoms with E-state index >= 15 is 0 Å². The first kappa shape index (κ1) is 13.7.